The molecule has 0 saturated heterocycles. The van der Waals surface area contributed by atoms with Crippen LogP contribution < -0.4 is 5.32 Å². The average Bonchev–Trinajstić information content (AvgIpc) is 2.13. The average molecular weight is 256 g/mol. The number of hydrogen-bond donors (Lipinski definition) is 2. The van der Waals surface area contributed by atoms with Gasteiger partial charge in [0.25, 0.3) is 0 Å². The van der Waals surface area contributed by atoms with Crippen LogP contribution in [0.2, 0.25) is 0 Å². The number of carbonyl (C=O) groups is 1. The van der Waals surface area contributed by atoms with Crippen molar-refractivity contribution in [1.29, 1.82) is 0 Å². The van der Waals surface area contributed by atoms with Gasteiger partial charge in [0.2, 0.25) is 5.82 Å². The summed E-state index contributed by atoms with van der Waals surface area (Å²) >= 11 is 0. The topological polar surface area (TPSA) is 92.5 Å². The van der Waals surface area contributed by atoms with E-state index < -0.39 is 27.9 Å². The fraction of sp³-hybridized carbons (Fsp3) is 0.364. The summed E-state index contributed by atoms with van der Waals surface area (Å²) in [5, 5.41) is 22.1. The Hall–Kier alpha value is -2.18. The summed E-state index contributed by atoms with van der Waals surface area (Å²) in [5.41, 5.74) is -1.65. The summed E-state index contributed by atoms with van der Waals surface area (Å²) in [7, 11) is 0. The number of hydrogen-bond acceptors (Lipinski definition) is 4. The molecule has 2 N–H and O–H groups in total. The fourth-order valence-corrected chi connectivity index (χ4v) is 1.59. The van der Waals surface area contributed by atoms with Gasteiger partial charge in [-0.2, -0.15) is 4.39 Å². The Morgan fingerprint density at radius 2 is 2.17 bits per heavy atom. The van der Waals surface area contributed by atoms with E-state index in [0.29, 0.717) is 0 Å². The number of nitrogens with one attached hydrogen (secondary N) is 1. The molecule has 1 aromatic carbocycles. The lowest BCUT2D eigenvalue weighted by Crippen LogP contribution is -2.33. The number of para-hydroxylation sites is 1. The van der Waals surface area contributed by atoms with Gasteiger partial charge >= 0.3 is 11.7 Å². The van der Waals surface area contributed by atoms with Crippen LogP contribution >= 0.6 is 0 Å². The van der Waals surface area contributed by atoms with E-state index in [4.69, 9.17) is 5.11 Å². The molecule has 1 aromatic rings. The lowest BCUT2D eigenvalue weighted by Gasteiger charge is -2.25. The maximum atomic E-state index is 13.3. The normalized spacial score (nSPS) is 11.1. The first kappa shape index (κ1) is 13.9. The highest BCUT2D eigenvalue weighted by atomic mass is 19.1. The molecule has 0 bridgehead atoms. The summed E-state index contributed by atoms with van der Waals surface area (Å²) in [5.74, 6) is -2.01. The number of nitro benzene ring substituents is 1. The molecule has 0 aliphatic carbocycles. The predicted octanol–water partition coefficient (Wildman–Crippen LogP) is 2.40. The Bertz CT molecular complexity index is 488. The molecular weight excluding hydrogens is 243 g/mol. The molecule has 0 radical (unpaired) electrons. The number of halogens is 1. The van der Waals surface area contributed by atoms with Crippen LogP contribution in [0.3, 0.4) is 0 Å². The molecule has 18 heavy (non-hydrogen) atoms. The highest BCUT2D eigenvalue weighted by Gasteiger charge is 2.27. The number of rotatable bonds is 5. The minimum atomic E-state index is -1.05. The van der Waals surface area contributed by atoms with Crippen LogP contribution in [0.4, 0.5) is 15.8 Å². The summed E-state index contributed by atoms with van der Waals surface area (Å²) in [6.07, 6.45) is -0.249. The first-order chi connectivity index (χ1) is 8.23. The van der Waals surface area contributed by atoms with Gasteiger partial charge in [0.15, 0.2) is 0 Å². The van der Waals surface area contributed by atoms with Crippen LogP contribution in [0.15, 0.2) is 18.2 Å². The molecule has 98 valence electrons. The van der Waals surface area contributed by atoms with Crippen LogP contribution in [0.5, 0.6) is 0 Å². The Morgan fingerprint density at radius 3 is 2.67 bits per heavy atom. The van der Waals surface area contributed by atoms with Gasteiger partial charge in [-0.05, 0) is 26.0 Å². The second-order valence-corrected chi connectivity index (χ2v) is 4.47. The molecule has 6 nitrogen and oxygen atoms in total. The lowest BCUT2D eigenvalue weighted by atomic mass is 10.00. The number of nitro groups is 1. The highest BCUT2D eigenvalue weighted by Crippen LogP contribution is 2.30. The Balaban J connectivity index is 3.08. The SMILES string of the molecule is CC(C)(CC(=O)O)Nc1cccc(F)c1[N+](=O)[O-]. The number of anilines is 1. The molecule has 0 fully saturated rings. The molecule has 1 rings (SSSR count). The van der Waals surface area contributed by atoms with Crippen LogP contribution in [0, 0.1) is 15.9 Å². The van der Waals surface area contributed by atoms with Crippen molar-refractivity contribution in [2.75, 3.05) is 5.32 Å². The van der Waals surface area contributed by atoms with Crippen LogP contribution in [0.25, 0.3) is 0 Å². The smallest absolute Gasteiger partial charge is 0.327 e. The Morgan fingerprint density at radius 1 is 1.56 bits per heavy atom. The highest BCUT2D eigenvalue weighted by molar-refractivity contribution is 5.70. The van der Waals surface area contributed by atoms with Crippen LogP contribution in [-0.4, -0.2) is 21.5 Å². The maximum absolute atomic E-state index is 13.3. The van der Waals surface area contributed by atoms with E-state index in [1.165, 1.54) is 12.1 Å². The summed E-state index contributed by atoms with van der Waals surface area (Å²) in [4.78, 5) is 20.6. The van der Waals surface area contributed by atoms with Crippen molar-refractivity contribution < 1.29 is 19.2 Å². The van der Waals surface area contributed by atoms with Crippen molar-refractivity contribution in [1.82, 2.24) is 0 Å². The first-order valence-corrected chi connectivity index (χ1v) is 5.16. The molecule has 7 heteroatoms. The van der Waals surface area contributed by atoms with E-state index in [1.54, 1.807) is 13.8 Å². The molecule has 0 spiro atoms. The number of carboxylic acids is 1. The Kier molecular flexibility index (Phi) is 3.85. The standard InChI is InChI=1S/C11H13FN2O4/c1-11(2,6-9(15)16)13-8-5-3-4-7(12)10(8)14(17)18/h3-5,13H,6H2,1-2H3,(H,15,16). The minimum absolute atomic E-state index is 0.0359. The van der Waals surface area contributed by atoms with Crippen molar-refractivity contribution in [3.05, 3.63) is 34.1 Å². The van der Waals surface area contributed by atoms with E-state index in [9.17, 15) is 19.3 Å². The van der Waals surface area contributed by atoms with Gasteiger partial charge in [0.05, 0.1) is 11.3 Å². The van der Waals surface area contributed by atoms with Crippen molar-refractivity contribution in [3.8, 4) is 0 Å². The van der Waals surface area contributed by atoms with E-state index >= 15 is 0 Å². The quantitative estimate of drug-likeness (QED) is 0.623. The monoisotopic (exact) mass is 256 g/mol. The van der Waals surface area contributed by atoms with Gasteiger partial charge in [-0.15, -0.1) is 0 Å². The van der Waals surface area contributed by atoms with Crippen molar-refractivity contribution in [2.45, 2.75) is 25.8 Å². The van der Waals surface area contributed by atoms with Gasteiger partial charge in [-0.25, -0.2) is 0 Å². The predicted molar refractivity (Wildman–Crippen MR) is 63.0 cm³/mol. The van der Waals surface area contributed by atoms with Crippen molar-refractivity contribution in [3.63, 3.8) is 0 Å². The van der Waals surface area contributed by atoms with Gasteiger partial charge in [0, 0.05) is 5.54 Å². The molecule has 0 aliphatic heterocycles. The maximum Gasteiger partial charge on any atom is 0.327 e. The molecule has 0 atom stereocenters. The number of carboxylic acid groups (broad SMARTS) is 1. The lowest BCUT2D eigenvalue weighted by molar-refractivity contribution is -0.386. The molecule has 0 heterocycles. The second kappa shape index (κ2) is 4.99. The second-order valence-electron chi connectivity index (χ2n) is 4.47. The minimum Gasteiger partial charge on any atom is -0.481 e. The number of nitrogens with zero attached hydrogens (tertiary/aromatic N) is 1. The fourth-order valence-electron chi connectivity index (χ4n) is 1.59. The zero-order valence-corrected chi connectivity index (χ0v) is 9.94. The van der Waals surface area contributed by atoms with Crippen LogP contribution in [-0.2, 0) is 4.79 Å². The molecular formula is C11H13FN2O4. The third kappa shape index (κ3) is 3.41. The molecule has 0 aliphatic rings. The van der Waals surface area contributed by atoms with Gasteiger partial charge < -0.3 is 10.4 Å². The molecule has 0 amide bonds. The zero-order chi connectivity index (χ0) is 13.9. The number of benzene rings is 1. The number of aliphatic carboxylic acids is 1. The van der Waals surface area contributed by atoms with Crippen LogP contribution in [0.1, 0.15) is 20.3 Å². The molecule has 0 saturated carbocycles. The Labute approximate surface area is 103 Å². The third-order valence-corrected chi connectivity index (χ3v) is 2.24. The van der Waals surface area contributed by atoms with E-state index in [-0.39, 0.29) is 12.1 Å². The van der Waals surface area contributed by atoms with E-state index in [0.717, 1.165) is 6.07 Å². The van der Waals surface area contributed by atoms with Gasteiger partial charge in [-0.1, -0.05) is 6.07 Å². The summed E-state index contributed by atoms with van der Waals surface area (Å²) in [6.45, 7) is 3.13. The zero-order valence-electron chi connectivity index (χ0n) is 9.94. The van der Waals surface area contributed by atoms with Gasteiger partial charge in [-0.3, -0.25) is 14.9 Å². The summed E-state index contributed by atoms with van der Waals surface area (Å²) < 4.78 is 13.3. The molecule has 0 unspecified atom stereocenters. The van der Waals surface area contributed by atoms with E-state index in [1.807, 2.05) is 0 Å². The summed E-state index contributed by atoms with van der Waals surface area (Å²) in [6, 6.07) is 3.64. The van der Waals surface area contributed by atoms with Gasteiger partial charge in [0.1, 0.15) is 5.69 Å². The largest absolute Gasteiger partial charge is 0.481 e. The molecule has 0 aromatic heterocycles. The van der Waals surface area contributed by atoms with E-state index in [2.05, 4.69) is 5.32 Å². The van der Waals surface area contributed by atoms with Crippen molar-refractivity contribution in [2.24, 2.45) is 0 Å². The third-order valence-electron chi connectivity index (χ3n) is 2.24. The first-order valence-electron chi connectivity index (χ1n) is 5.16. The van der Waals surface area contributed by atoms with Crippen molar-refractivity contribution >= 4 is 17.3 Å².